The minimum Gasteiger partial charge on any atom is -0.508 e. The van der Waals surface area contributed by atoms with E-state index in [-0.39, 0.29) is 23.2 Å². The summed E-state index contributed by atoms with van der Waals surface area (Å²) in [5.41, 5.74) is 2.57. The molecule has 0 spiro atoms. The van der Waals surface area contributed by atoms with E-state index in [9.17, 15) is 14.7 Å². The number of ketones is 1. The van der Waals surface area contributed by atoms with Gasteiger partial charge in [-0.25, -0.2) is 0 Å². The summed E-state index contributed by atoms with van der Waals surface area (Å²) in [5.74, 6) is 0.463. The van der Waals surface area contributed by atoms with Crippen LogP contribution in [0.4, 0.5) is 5.69 Å². The molecule has 4 rings (SSSR count). The number of aromatic hydroxyl groups is 1. The summed E-state index contributed by atoms with van der Waals surface area (Å²) in [6, 6.07) is 20.7. The monoisotopic (exact) mass is 478 g/mol. The number of nitrogens with zero attached hydrogens (tertiary/aromatic N) is 3. The second kappa shape index (κ2) is 9.89. The van der Waals surface area contributed by atoms with E-state index in [4.69, 9.17) is 11.6 Å². The van der Waals surface area contributed by atoms with E-state index in [0.717, 1.165) is 11.3 Å². The van der Waals surface area contributed by atoms with Gasteiger partial charge in [-0.3, -0.25) is 14.2 Å². The number of carbonyl (C=O) groups is 2. The van der Waals surface area contributed by atoms with E-state index in [1.54, 1.807) is 60.7 Å². The molecular formula is C24H19ClN4O3S. The molecule has 2 N–H and O–H groups in total. The fourth-order valence-corrected chi connectivity index (χ4v) is 4.09. The Balaban J connectivity index is 1.58. The average Bonchev–Trinajstić information content (AvgIpc) is 3.22. The Kier molecular flexibility index (Phi) is 6.76. The number of rotatable bonds is 7. The summed E-state index contributed by atoms with van der Waals surface area (Å²) in [7, 11) is 0. The summed E-state index contributed by atoms with van der Waals surface area (Å²) in [6.45, 7) is 1.48. The molecule has 0 fully saturated rings. The van der Waals surface area contributed by atoms with Gasteiger partial charge in [-0.1, -0.05) is 41.6 Å². The Bertz CT molecular complexity index is 1320. The molecule has 1 amide bonds. The van der Waals surface area contributed by atoms with Crippen LogP contribution in [0.2, 0.25) is 5.02 Å². The van der Waals surface area contributed by atoms with Crippen molar-refractivity contribution in [2.45, 2.75) is 12.1 Å². The summed E-state index contributed by atoms with van der Waals surface area (Å²) < 4.78 is 1.81. The highest BCUT2D eigenvalue weighted by Crippen LogP contribution is 2.30. The third-order valence-electron chi connectivity index (χ3n) is 4.71. The van der Waals surface area contributed by atoms with Crippen LogP contribution in [-0.4, -0.2) is 37.3 Å². The molecule has 1 heterocycles. The third kappa shape index (κ3) is 5.42. The van der Waals surface area contributed by atoms with Crippen LogP contribution < -0.4 is 5.32 Å². The van der Waals surface area contributed by atoms with Crippen LogP contribution >= 0.6 is 23.4 Å². The van der Waals surface area contributed by atoms with Crippen LogP contribution in [0, 0.1) is 0 Å². The minimum atomic E-state index is -0.243. The smallest absolute Gasteiger partial charge is 0.234 e. The molecule has 1 aromatic heterocycles. The number of hydrogen-bond acceptors (Lipinski definition) is 6. The standard InChI is InChI=1S/C24H19ClN4O3S/c1-15(30)17-4-2-6-19(12-17)26-22(32)14-33-24-28-27-23(16-8-10-21(31)11-9-16)29(24)20-7-3-5-18(25)13-20/h2-13,31H,14H2,1H3,(H,26,32). The maximum atomic E-state index is 12.6. The van der Waals surface area contributed by atoms with Crippen molar-refractivity contribution >= 4 is 40.7 Å². The number of hydrogen-bond donors (Lipinski definition) is 2. The van der Waals surface area contributed by atoms with Gasteiger partial charge >= 0.3 is 0 Å². The SMILES string of the molecule is CC(=O)c1cccc(NC(=O)CSc2nnc(-c3ccc(O)cc3)n2-c2cccc(Cl)c2)c1. The van der Waals surface area contributed by atoms with E-state index in [1.807, 2.05) is 16.7 Å². The van der Waals surface area contributed by atoms with Gasteiger partial charge in [-0.15, -0.1) is 10.2 Å². The molecule has 0 saturated carbocycles. The Morgan fingerprint density at radius 3 is 2.52 bits per heavy atom. The molecule has 0 aliphatic carbocycles. The number of phenolic OH excluding ortho intramolecular Hbond substituents is 1. The number of thioether (sulfide) groups is 1. The second-order valence-corrected chi connectivity index (χ2v) is 8.52. The lowest BCUT2D eigenvalue weighted by Crippen LogP contribution is -2.15. The minimum absolute atomic E-state index is 0.0724. The topological polar surface area (TPSA) is 97.1 Å². The molecule has 4 aromatic rings. The van der Waals surface area contributed by atoms with E-state index in [1.165, 1.54) is 18.7 Å². The van der Waals surface area contributed by atoms with Gasteiger partial charge in [-0.2, -0.15) is 0 Å². The maximum Gasteiger partial charge on any atom is 0.234 e. The molecule has 3 aromatic carbocycles. The van der Waals surface area contributed by atoms with Crippen LogP contribution in [0.1, 0.15) is 17.3 Å². The lowest BCUT2D eigenvalue weighted by atomic mass is 10.1. The molecule has 0 bridgehead atoms. The molecule has 0 radical (unpaired) electrons. The van der Waals surface area contributed by atoms with Gasteiger partial charge in [0.15, 0.2) is 16.8 Å². The number of Topliss-reactive ketones (excluding diaryl/α,β-unsaturated/α-hetero) is 1. The van der Waals surface area contributed by atoms with Crippen molar-refractivity contribution in [3.63, 3.8) is 0 Å². The van der Waals surface area contributed by atoms with Gasteiger partial charge in [0.25, 0.3) is 0 Å². The fraction of sp³-hybridized carbons (Fsp3) is 0.0833. The zero-order valence-corrected chi connectivity index (χ0v) is 19.1. The summed E-state index contributed by atoms with van der Waals surface area (Å²) in [4.78, 5) is 24.1. The average molecular weight is 479 g/mol. The van der Waals surface area contributed by atoms with E-state index in [2.05, 4.69) is 15.5 Å². The Morgan fingerprint density at radius 2 is 1.79 bits per heavy atom. The number of nitrogens with one attached hydrogen (secondary N) is 1. The highest BCUT2D eigenvalue weighted by molar-refractivity contribution is 7.99. The molecular weight excluding hydrogens is 460 g/mol. The van der Waals surface area contributed by atoms with E-state index < -0.39 is 0 Å². The van der Waals surface area contributed by atoms with Gasteiger partial charge in [-0.05, 0) is 61.5 Å². The van der Waals surface area contributed by atoms with Crippen molar-refractivity contribution in [1.82, 2.24) is 14.8 Å². The van der Waals surface area contributed by atoms with E-state index >= 15 is 0 Å². The first kappa shape index (κ1) is 22.6. The summed E-state index contributed by atoms with van der Waals surface area (Å²) in [5, 5.41) is 22.1. The quantitative estimate of drug-likeness (QED) is 0.279. The zero-order chi connectivity index (χ0) is 23.4. The Labute approximate surface area is 199 Å². The van der Waals surface area contributed by atoms with Crippen LogP contribution in [0.3, 0.4) is 0 Å². The normalized spacial score (nSPS) is 10.7. The van der Waals surface area contributed by atoms with Crippen molar-refractivity contribution in [3.05, 3.63) is 83.4 Å². The van der Waals surface area contributed by atoms with Crippen molar-refractivity contribution in [2.24, 2.45) is 0 Å². The first-order valence-electron chi connectivity index (χ1n) is 9.95. The largest absolute Gasteiger partial charge is 0.508 e. The number of carbonyl (C=O) groups excluding carboxylic acids is 2. The summed E-state index contributed by atoms with van der Waals surface area (Å²) in [6.07, 6.45) is 0. The van der Waals surface area contributed by atoms with Crippen LogP contribution in [-0.2, 0) is 4.79 Å². The van der Waals surface area contributed by atoms with Crippen molar-refractivity contribution in [3.8, 4) is 22.8 Å². The molecule has 7 nitrogen and oxygen atoms in total. The molecule has 9 heteroatoms. The van der Waals surface area contributed by atoms with Gasteiger partial charge in [0, 0.05) is 21.8 Å². The number of halogens is 1. The van der Waals surface area contributed by atoms with Crippen molar-refractivity contribution in [1.29, 1.82) is 0 Å². The number of phenols is 1. The molecule has 0 aliphatic rings. The van der Waals surface area contributed by atoms with Crippen LogP contribution in [0.15, 0.2) is 78.0 Å². The van der Waals surface area contributed by atoms with Crippen molar-refractivity contribution in [2.75, 3.05) is 11.1 Å². The third-order valence-corrected chi connectivity index (χ3v) is 5.87. The predicted molar refractivity (Wildman–Crippen MR) is 129 cm³/mol. The number of amides is 1. The predicted octanol–water partition coefficient (Wildman–Crippen LogP) is 5.23. The first-order chi connectivity index (χ1) is 15.9. The molecule has 0 saturated heterocycles. The molecule has 166 valence electrons. The fourth-order valence-electron chi connectivity index (χ4n) is 3.15. The highest BCUT2D eigenvalue weighted by atomic mass is 35.5. The lowest BCUT2D eigenvalue weighted by Gasteiger charge is -2.11. The van der Waals surface area contributed by atoms with Gasteiger partial charge in [0.2, 0.25) is 5.91 Å². The maximum absolute atomic E-state index is 12.6. The number of aromatic nitrogens is 3. The lowest BCUT2D eigenvalue weighted by molar-refractivity contribution is -0.113. The van der Waals surface area contributed by atoms with Gasteiger partial charge in [0.1, 0.15) is 5.75 Å². The van der Waals surface area contributed by atoms with E-state index in [0.29, 0.717) is 27.3 Å². The van der Waals surface area contributed by atoms with Crippen LogP contribution in [0.25, 0.3) is 17.1 Å². The molecule has 33 heavy (non-hydrogen) atoms. The van der Waals surface area contributed by atoms with Gasteiger partial charge < -0.3 is 10.4 Å². The Morgan fingerprint density at radius 1 is 1.03 bits per heavy atom. The molecule has 0 aliphatic heterocycles. The van der Waals surface area contributed by atoms with Crippen LogP contribution in [0.5, 0.6) is 5.75 Å². The first-order valence-corrected chi connectivity index (χ1v) is 11.3. The van der Waals surface area contributed by atoms with Crippen molar-refractivity contribution < 1.29 is 14.7 Å². The highest BCUT2D eigenvalue weighted by Gasteiger charge is 2.18. The Hall–Kier alpha value is -3.62. The second-order valence-electron chi connectivity index (χ2n) is 7.14. The summed E-state index contributed by atoms with van der Waals surface area (Å²) >= 11 is 7.43. The number of benzene rings is 3. The number of anilines is 1. The van der Waals surface area contributed by atoms with Gasteiger partial charge in [0.05, 0.1) is 11.4 Å². The molecule has 0 atom stereocenters. The zero-order valence-electron chi connectivity index (χ0n) is 17.5. The molecule has 0 unspecified atom stereocenters.